The number of benzene rings is 1. The Morgan fingerprint density at radius 2 is 2.25 bits per heavy atom. The number of hydrogen-bond donors (Lipinski definition) is 1. The molecule has 3 nitrogen and oxygen atoms in total. The number of amides is 1. The maximum absolute atomic E-state index is 11.8. The molecular formula is C13H13NO2. The van der Waals surface area contributed by atoms with Crippen molar-refractivity contribution in [1.29, 1.82) is 0 Å². The van der Waals surface area contributed by atoms with Gasteiger partial charge in [0.05, 0.1) is 12.5 Å². The van der Waals surface area contributed by atoms with Crippen molar-refractivity contribution >= 4 is 5.91 Å². The monoisotopic (exact) mass is 215 g/mol. The van der Waals surface area contributed by atoms with Gasteiger partial charge in [-0.05, 0) is 25.1 Å². The van der Waals surface area contributed by atoms with Crippen LogP contribution in [0.3, 0.4) is 0 Å². The molecule has 0 fully saturated rings. The second kappa shape index (κ2) is 4.66. The highest BCUT2D eigenvalue weighted by molar-refractivity contribution is 5.94. The lowest BCUT2D eigenvalue weighted by Gasteiger charge is -2.04. The molecule has 1 aromatic carbocycles. The van der Waals surface area contributed by atoms with Crippen LogP contribution in [0, 0.1) is 6.92 Å². The van der Waals surface area contributed by atoms with Crippen LogP contribution < -0.4 is 5.32 Å². The number of hydrogen-bond acceptors (Lipinski definition) is 2. The standard InChI is InChI=1S/C13H13NO2/c1-10-3-2-4-12(7-10)13(15)14-8-11-5-6-16-9-11/h2-7,9H,8H2,1H3,(H,14,15). The molecule has 1 N–H and O–H groups in total. The van der Waals surface area contributed by atoms with Crippen molar-refractivity contribution in [1.82, 2.24) is 5.32 Å². The van der Waals surface area contributed by atoms with E-state index in [1.807, 2.05) is 31.2 Å². The van der Waals surface area contributed by atoms with Crippen LogP contribution in [0.5, 0.6) is 0 Å². The van der Waals surface area contributed by atoms with E-state index in [2.05, 4.69) is 5.32 Å². The number of carbonyl (C=O) groups is 1. The highest BCUT2D eigenvalue weighted by Crippen LogP contribution is 2.05. The quantitative estimate of drug-likeness (QED) is 0.854. The van der Waals surface area contributed by atoms with Crippen molar-refractivity contribution in [3.05, 3.63) is 59.5 Å². The fourth-order valence-corrected chi connectivity index (χ4v) is 1.46. The lowest BCUT2D eigenvalue weighted by atomic mass is 10.1. The van der Waals surface area contributed by atoms with Gasteiger partial charge in [0.15, 0.2) is 0 Å². The lowest BCUT2D eigenvalue weighted by Crippen LogP contribution is -2.22. The average Bonchev–Trinajstić information content (AvgIpc) is 2.78. The minimum Gasteiger partial charge on any atom is -0.472 e. The number of nitrogens with one attached hydrogen (secondary N) is 1. The Labute approximate surface area is 94.1 Å². The first-order chi connectivity index (χ1) is 7.75. The van der Waals surface area contributed by atoms with Crippen LogP contribution in [-0.4, -0.2) is 5.91 Å². The van der Waals surface area contributed by atoms with Crippen molar-refractivity contribution < 1.29 is 9.21 Å². The van der Waals surface area contributed by atoms with E-state index in [1.165, 1.54) is 0 Å². The Morgan fingerprint density at radius 3 is 2.94 bits per heavy atom. The Morgan fingerprint density at radius 1 is 1.38 bits per heavy atom. The third-order valence-corrected chi connectivity index (χ3v) is 2.31. The Kier molecular flexibility index (Phi) is 3.05. The summed E-state index contributed by atoms with van der Waals surface area (Å²) in [6.45, 7) is 2.45. The lowest BCUT2D eigenvalue weighted by molar-refractivity contribution is 0.0951. The molecule has 0 unspecified atom stereocenters. The Balaban J connectivity index is 1.98. The Hall–Kier alpha value is -2.03. The molecule has 16 heavy (non-hydrogen) atoms. The van der Waals surface area contributed by atoms with Crippen LogP contribution >= 0.6 is 0 Å². The molecule has 3 heteroatoms. The summed E-state index contributed by atoms with van der Waals surface area (Å²) in [4.78, 5) is 11.8. The molecule has 0 aliphatic heterocycles. The van der Waals surface area contributed by atoms with Gasteiger partial charge in [-0.25, -0.2) is 0 Å². The van der Waals surface area contributed by atoms with Gasteiger partial charge < -0.3 is 9.73 Å². The number of aryl methyl sites for hydroxylation is 1. The van der Waals surface area contributed by atoms with E-state index >= 15 is 0 Å². The maximum Gasteiger partial charge on any atom is 0.251 e. The van der Waals surface area contributed by atoms with Crippen LogP contribution in [0.25, 0.3) is 0 Å². The summed E-state index contributed by atoms with van der Waals surface area (Å²) in [5, 5.41) is 2.83. The van der Waals surface area contributed by atoms with E-state index < -0.39 is 0 Å². The maximum atomic E-state index is 11.8. The van der Waals surface area contributed by atoms with E-state index in [-0.39, 0.29) is 5.91 Å². The number of carbonyl (C=O) groups excluding carboxylic acids is 1. The van der Waals surface area contributed by atoms with Crippen molar-refractivity contribution in [2.75, 3.05) is 0 Å². The fourth-order valence-electron chi connectivity index (χ4n) is 1.46. The number of furan rings is 1. The predicted molar refractivity (Wildman–Crippen MR) is 61.1 cm³/mol. The molecule has 0 aliphatic rings. The van der Waals surface area contributed by atoms with Crippen LogP contribution in [0.2, 0.25) is 0 Å². The minimum absolute atomic E-state index is 0.0649. The average molecular weight is 215 g/mol. The van der Waals surface area contributed by atoms with Crippen LogP contribution in [0.4, 0.5) is 0 Å². The summed E-state index contributed by atoms with van der Waals surface area (Å²) in [5.74, 6) is -0.0649. The highest BCUT2D eigenvalue weighted by atomic mass is 16.3. The minimum atomic E-state index is -0.0649. The van der Waals surface area contributed by atoms with E-state index in [9.17, 15) is 4.79 Å². The van der Waals surface area contributed by atoms with E-state index in [0.717, 1.165) is 11.1 Å². The van der Waals surface area contributed by atoms with Gasteiger partial charge in [-0.3, -0.25) is 4.79 Å². The summed E-state index contributed by atoms with van der Waals surface area (Å²) in [7, 11) is 0. The zero-order valence-electron chi connectivity index (χ0n) is 9.07. The molecular weight excluding hydrogens is 202 g/mol. The molecule has 0 saturated heterocycles. The van der Waals surface area contributed by atoms with E-state index in [4.69, 9.17) is 4.42 Å². The summed E-state index contributed by atoms with van der Waals surface area (Å²) in [6, 6.07) is 9.34. The van der Waals surface area contributed by atoms with Gasteiger partial charge in [0, 0.05) is 17.7 Å². The summed E-state index contributed by atoms with van der Waals surface area (Å²) >= 11 is 0. The van der Waals surface area contributed by atoms with Crippen molar-refractivity contribution in [2.45, 2.75) is 13.5 Å². The SMILES string of the molecule is Cc1cccc(C(=O)NCc2ccoc2)c1. The molecule has 1 aromatic heterocycles. The molecule has 1 heterocycles. The van der Waals surface area contributed by atoms with Gasteiger partial charge in [0.25, 0.3) is 5.91 Å². The molecule has 82 valence electrons. The molecule has 0 spiro atoms. The Bertz CT molecular complexity index is 474. The van der Waals surface area contributed by atoms with Gasteiger partial charge in [-0.2, -0.15) is 0 Å². The van der Waals surface area contributed by atoms with Crippen LogP contribution in [0.15, 0.2) is 47.3 Å². The topological polar surface area (TPSA) is 42.2 Å². The largest absolute Gasteiger partial charge is 0.472 e. The van der Waals surface area contributed by atoms with Gasteiger partial charge in [0.1, 0.15) is 0 Å². The summed E-state index contributed by atoms with van der Waals surface area (Å²) in [5.41, 5.74) is 2.72. The zero-order valence-corrected chi connectivity index (χ0v) is 9.07. The normalized spacial score (nSPS) is 10.1. The third kappa shape index (κ3) is 2.51. The zero-order chi connectivity index (χ0) is 11.4. The van der Waals surface area contributed by atoms with Crippen LogP contribution in [-0.2, 0) is 6.54 Å². The molecule has 0 saturated carbocycles. The van der Waals surface area contributed by atoms with Gasteiger partial charge in [0.2, 0.25) is 0 Å². The second-order valence-electron chi connectivity index (χ2n) is 3.68. The highest BCUT2D eigenvalue weighted by Gasteiger charge is 2.04. The fraction of sp³-hybridized carbons (Fsp3) is 0.154. The first-order valence-corrected chi connectivity index (χ1v) is 5.11. The summed E-state index contributed by atoms with van der Waals surface area (Å²) in [6.07, 6.45) is 3.21. The molecule has 1 amide bonds. The van der Waals surface area contributed by atoms with E-state index in [1.54, 1.807) is 18.6 Å². The molecule has 0 radical (unpaired) electrons. The molecule has 0 atom stereocenters. The predicted octanol–water partition coefficient (Wildman–Crippen LogP) is 2.52. The van der Waals surface area contributed by atoms with Gasteiger partial charge >= 0.3 is 0 Å². The van der Waals surface area contributed by atoms with Crippen molar-refractivity contribution in [3.8, 4) is 0 Å². The molecule has 0 bridgehead atoms. The smallest absolute Gasteiger partial charge is 0.251 e. The number of rotatable bonds is 3. The van der Waals surface area contributed by atoms with Gasteiger partial charge in [-0.1, -0.05) is 17.7 Å². The van der Waals surface area contributed by atoms with Crippen molar-refractivity contribution in [3.63, 3.8) is 0 Å². The third-order valence-electron chi connectivity index (χ3n) is 2.31. The molecule has 0 aliphatic carbocycles. The van der Waals surface area contributed by atoms with Gasteiger partial charge in [-0.15, -0.1) is 0 Å². The first-order valence-electron chi connectivity index (χ1n) is 5.11. The second-order valence-corrected chi connectivity index (χ2v) is 3.68. The van der Waals surface area contributed by atoms with Crippen molar-refractivity contribution in [2.24, 2.45) is 0 Å². The van der Waals surface area contributed by atoms with Crippen LogP contribution in [0.1, 0.15) is 21.5 Å². The molecule has 2 aromatic rings. The summed E-state index contributed by atoms with van der Waals surface area (Å²) < 4.78 is 4.92. The first kappa shape index (κ1) is 10.5. The van der Waals surface area contributed by atoms with E-state index in [0.29, 0.717) is 12.1 Å². The molecule has 2 rings (SSSR count).